The van der Waals surface area contributed by atoms with E-state index in [1.165, 1.54) is 25.0 Å². The van der Waals surface area contributed by atoms with Crippen LogP contribution >= 0.6 is 0 Å². The molecular formula is C13H23N3. The van der Waals surface area contributed by atoms with Crippen LogP contribution in [0.25, 0.3) is 0 Å². The zero-order valence-electron chi connectivity index (χ0n) is 10.6. The molecule has 3 heteroatoms. The molecule has 0 saturated heterocycles. The highest BCUT2D eigenvalue weighted by molar-refractivity contribution is 5.05. The molecule has 0 spiro atoms. The zero-order chi connectivity index (χ0) is 11.7. The molecule has 3 nitrogen and oxygen atoms in total. The van der Waals surface area contributed by atoms with E-state index in [9.17, 15) is 0 Å². The third-order valence-corrected chi connectivity index (χ3v) is 4.13. The first-order chi connectivity index (χ1) is 7.59. The van der Waals surface area contributed by atoms with Gasteiger partial charge in [-0.25, -0.2) is 4.98 Å². The molecule has 0 bridgehead atoms. The molecule has 2 N–H and O–H groups in total. The fourth-order valence-electron chi connectivity index (χ4n) is 2.74. The van der Waals surface area contributed by atoms with Crippen LogP contribution < -0.4 is 5.73 Å². The summed E-state index contributed by atoms with van der Waals surface area (Å²) in [6.45, 7) is 6.75. The molecule has 1 aliphatic rings. The molecule has 1 saturated carbocycles. The highest BCUT2D eigenvalue weighted by atomic mass is 15.1. The van der Waals surface area contributed by atoms with Crippen LogP contribution in [-0.2, 0) is 0 Å². The Kier molecular flexibility index (Phi) is 3.33. The quantitative estimate of drug-likeness (QED) is 0.834. The average Bonchev–Trinajstić information content (AvgIpc) is 2.71. The summed E-state index contributed by atoms with van der Waals surface area (Å²) in [5.74, 6) is 1.67. The van der Waals surface area contributed by atoms with Crippen LogP contribution in [0.1, 0.15) is 57.8 Å². The van der Waals surface area contributed by atoms with Gasteiger partial charge in [0.2, 0.25) is 0 Å². The van der Waals surface area contributed by atoms with Gasteiger partial charge in [-0.2, -0.15) is 0 Å². The first kappa shape index (κ1) is 11.6. The second-order valence-electron chi connectivity index (χ2n) is 5.44. The van der Waals surface area contributed by atoms with Gasteiger partial charge in [0.05, 0.1) is 12.0 Å². The second-order valence-corrected chi connectivity index (χ2v) is 5.44. The molecule has 1 fully saturated rings. The summed E-state index contributed by atoms with van der Waals surface area (Å²) in [5, 5.41) is 0. The highest BCUT2D eigenvalue weighted by Crippen LogP contribution is 2.37. The van der Waals surface area contributed by atoms with E-state index in [1.54, 1.807) is 0 Å². The van der Waals surface area contributed by atoms with Crippen molar-refractivity contribution in [1.82, 2.24) is 9.55 Å². The maximum absolute atomic E-state index is 5.97. The third-order valence-electron chi connectivity index (χ3n) is 4.13. The topological polar surface area (TPSA) is 43.8 Å². The molecule has 1 aliphatic carbocycles. The van der Waals surface area contributed by atoms with Crippen molar-refractivity contribution < 1.29 is 0 Å². The van der Waals surface area contributed by atoms with E-state index in [-0.39, 0.29) is 6.04 Å². The lowest BCUT2D eigenvalue weighted by Crippen LogP contribution is -2.25. The van der Waals surface area contributed by atoms with Gasteiger partial charge in [0.1, 0.15) is 0 Å². The number of imidazole rings is 1. The van der Waals surface area contributed by atoms with Crippen molar-refractivity contribution >= 4 is 0 Å². The van der Waals surface area contributed by atoms with Crippen LogP contribution in [0.2, 0.25) is 0 Å². The normalized spacial score (nSPS) is 32.6. The molecular weight excluding hydrogens is 198 g/mol. The van der Waals surface area contributed by atoms with E-state index in [1.807, 2.05) is 19.4 Å². The van der Waals surface area contributed by atoms with Crippen LogP contribution in [0.3, 0.4) is 0 Å². The number of rotatable bonds is 2. The van der Waals surface area contributed by atoms with Gasteiger partial charge >= 0.3 is 0 Å². The van der Waals surface area contributed by atoms with Crippen molar-refractivity contribution in [1.29, 1.82) is 0 Å². The van der Waals surface area contributed by atoms with E-state index in [0.29, 0.717) is 6.04 Å². The maximum atomic E-state index is 5.97. The molecule has 0 radical (unpaired) electrons. The van der Waals surface area contributed by atoms with Crippen molar-refractivity contribution in [3.8, 4) is 0 Å². The SMILES string of the molecule is CC1CCC(n2cncc2[C@@H](C)N)CC1C. The Bertz CT molecular complexity index is 343. The first-order valence-corrected chi connectivity index (χ1v) is 6.37. The van der Waals surface area contributed by atoms with E-state index < -0.39 is 0 Å². The number of hydrogen-bond acceptors (Lipinski definition) is 2. The molecule has 0 aromatic carbocycles. The lowest BCUT2D eigenvalue weighted by Gasteiger charge is -2.34. The standard InChI is InChI=1S/C13H23N3/c1-9-4-5-12(6-10(9)2)16-8-15-7-13(16)11(3)14/h7-12H,4-6,14H2,1-3H3/t9?,10?,11-,12?/m1/s1. The average molecular weight is 221 g/mol. The molecule has 2 rings (SSSR count). The molecule has 90 valence electrons. The Balaban J connectivity index is 2.15. The van der Waals surface area contributed by atoms with Crippen molar-refractivity contribution in [2.75, 3.05) is 0 Å². The van der Waals surface area contributed by atoms with Crippen LogP contribution in [0.15, 0.2) is 12.5 Å². The Morgan fingerprint density at radius 3 is 2.75 bits per heavy atom. The first-order valence-electron chi connectivity index (χ1n) is 6.37. The molecule has 3 unspecified atom stereocenters. The fourth-order valence-corrected chi connectivity index (χ4v) is 2.74. The number of hydrogen-bond donors (Lipinski definition) is 1. The summed E-state index contributed by atoms with van der Waals surface area (Å²) >= 11 is 0. The van der Waals surface area contributed by atoms with Gasteiger partial charge < -0.3 is 10.3 Å². The monoisotopic (exact) mass is 221 g/mol. The van der Waals surface area contributed by atoms with Crippen molar-refractivity contribution in [2.45, 2.75) is 52.1 Å². The Hall–Kier alpha value is -0.830. The molecule has 0 amide bonds. The Morgan fingerprint density at radius 2 is 2.12 bits per heavy atom. The van der Waals surface area contributed by atoms with Gasteiger partial charge in [0, 0.05) is 18.3 Å². The minimum atomic E-state index is 0.0807. The van der Waals surface area contributed by atoms with Crippen molar-refractivity contribution in [2.24, 2.45) is 17.6 Å². The summed E-state index contributed by atoms with van der Waals surface area (Å²) in [4.78, 5) is 4.25. The highest BCUT2D eigenvalue weighted by Gasteiger charge is 2.26. The Labute approximate surface area is 98.1 Å². The third kappa shape index (κ3) is 2.14. The summed E-state index contributed by atoms with van der Waals surface area (Å²) in [6.07, 6.45) is 7.71. The summed E-state index contributed by atoms with van der Waals surface area (Å²) in [6, 6.07) is 0.687. The van der Waals surface area contributed by atoms with E-state index in [4.69, 9.17) is 5.73 Å². The van der Waals surface area contributed by atoms with Gasteiger partial charge in [-0.05, 0) is 38.0 Å². The van der Waals surface area contributed by atoms with Gasteiger partial charge in [-0.15, -0.1) is 0 Å². The van der Waals surface area contributed by atoms with Gasteiger partial charge in [0.15, 0.2) is 0 Å². The fraction of sp³-hybridized carbons (Fsp3) is 0.769. The van der Waals surface area contributed by atoms with Crippen LogP contribution in [0, 0.1) is 11.8 Å². The predicted octanol–water partition coefficient (Wildman–Crippen LogP) is 2.90. The minimum absolute atomic E-state index is 0.0807. The van der Waals surface area contributed by atoms with E-state index in [2.05, 4.69) is 23.4 Å². The largest absolute Gasteiger partial charge is 0.330 e. The number of nitrogens with zero attached hydrogens (tertiary/aromatic N) is 2. The van der Waals surface area contributed by atoms with Gasteiger partial charge in [0.25, 0.3) is 0 Å². The minimum Gasteiger partial charge on any atom is -0.330 e. The van der Waals surface area contributed by atoms with Crippen molar-refractivity contribution in [3.63, 3.8) is 0 Å². The zero-order valence-corrected chi connectivity index (χ0v) is 10.6. The summed E-state index contributed by atoms with van der Waals surface area (Å²) in [7, 11) is 0. The maximum Gasteiger partial charge on any atom is 0.0951 e. The molecule has 1 aromatic rings. The second kappa shape index (κ2) is 4.58. The number of aromatic nitrogens is 2. The molecule has 4 atom stereocenters. The molecule has 16 heavy (non-hydrogen) atoms. The molecule has 1 heterocycles. The van der Waals surface area contributed by atoms with Gasteiger partial charge in [-0.3, -0.25) is 0 Å². The van der Waals surface area contributed by atoms with Gasteiger partial charge in [-0.1, -0.05) is 13.8 Å². The van der Waals surface area contributed by atoms with Crippen LogP contribution in [-0.4, -0.2) is 9.55 Å². The molecule has 1 aromatic heterocycles. The van der Waals surface area contributed by atoms with Crippen LogP contribution in [0.5, 0.6) is 0 Å². The van der Waals surface area contributed by atoms with E-state index >= 15 is 0 Å². The molecule has 0 aliphatic heterocycles. The smallest absolute Gasteiger partial charge is 0.0951 e. The Morgan fingerprint density at radius 1 is 1.38 bits per heavy atom. The number of nitrogens with two attached hydrogens (primary N) is 1. The predicted molar refractivity (Wildman–Crippen MR) is 66.0 cm³/mol. The lowest BCUT2D eigenvalue weighted by molar-refractivity contribution is 0.207. The summed E-state index contributed by atoms with van der Waals surface area (Å²) < 4.78 is 2.30. The van der Waals surface area contributed by atoms with Crippen LogP contribution in [0.4, 0.5) is 0 Å². The van der Waals surface area contributed by atoms with Crippen molar-refractivity contribution in [3.05, 3.63) is 18.2 Å². The van der Waals surface area contributed by atoms with E-state index in [0.717, 1.165) is 11.8 Å². The summed E-state index contributed by atoms with van der Waals surface area (Å²) in [5.41, 5.74) is 7.14. The lowest BCUT2D eigenvalue weighted by atomic mass is 9.79.